The lowest BCUT2D eigenvalue weighted by atomic mass is 9.93. The van der Waals surface area contributed by atoms with Crippen molar-refractivity contribution in [1.29, 1.82) is 0 Å². The number of aliphatic hydroxyl groups is 3. The highest BCUT2D eigenvalue weighted by atomic mass is 16.3. The maximum atomic E-state index is 9.55. The highest BCUT2D eigenvalue weighted by Crippen LogP contribution is 2.22. The van der Waals surface area contributed by atoms with Crippen LogP contribution in [0, 0.1) is 5.92 Å². The van der Waals surface area contributed by atoms with Gasteiger partial charge in [0.25, 0.3) is 0 Å². The molecule has 4 heteroatoms. The third-order valence-electron chi connectivity index (χ3n) is 2.13. The van der Waals surface area contributed by atoms with Crippen LogP contribution in [0.5, 0.6) is 0 Å². The predicted molar refractivity (Wildman–Crippen MR) is 49.5 cm³/mol. The summed E-state index contributed by atoms with van der Waals surface area (Å²) >= 11 is 0. The average molecular weight is 185 g/mol. The van der Waals surface area contributed by atoms with E-state index in [2.05, 4.69) is 5.32 Å². The second-order valence-electron chi connectivity index (χ2n) is 3.18. The lowest BCUT2D eigenvalue weighted by Gasteiger charge is -2.21. The maximum absolute atomic E-state index is 9.55. The molecule has 4 nitrogen and oxygen atoms in total. The zero-order valence-corrected chi connectivity index (χ0v) is 7.57. The topological polar surface area (TPSA) is 72.7 Å². The second kappa shape index (κ2) is 4.30. The van der Waals surface area contributed by atoms with Gasteiger partial charge in [-0.25, -0.2) is 0 Å². The summed E-state index contributed by atoms with van der Waals surface area (Å²) in [5.41, 5.74) is 0. The molecule has 2 atom stereocenters. The zero-order chi connectivity index (χ0) is 9.84. The first-order chi connectivity index (χ1) is 6.15. The van der Waals surface area contributed by atoms with Crippen molar-refractivity contribution in [2.45, 2.75) is 12.5 Å². The fourth-order valence-electron chi connectivity index (χ4n) is 1.33. The predicted octanol–water partition coefficient (Wildman–Crippen LogP) is 0.470. The van der Waals surface area contributed by atoms with Gasteiger partial charge < -0.3 is 20.6 Å². The van der Waals surface area contributed by atoms with Crippen molar-refractivity contribution in [1.82, 2.24) is 5.32 Å². The number of aliphatic hydroxyl groups excluding tert-OH is 3. The molecule has 74 valence electrons. The molecule has 0 bridgehead atoms. The number of nitrogens with one attached hydrogen (secondary N) is 1. The first-order valence-corrected chi connectivity index (χ1v) is 4.27. The normalized spacial score (nSPS) is 24.9. The molecule has 0 aromatic heterocycles. The standard InChI is InChI=1S/C9H15NO3/c1-10-5-9(13)6-2-3-7(11)8(12)4-6/h2-3,6,9-13H,4-5H2,1H3. The molecule has 1 aliphatic carbocycles. The van der Waals surface area contributed by atoms with E-state index in [0.29, 0.717) is 13.0 Å². The van der Waals surface area contributed by atoms with Crippen LogP contribution in [0.2, 0.25) is 0 Å². The van der Waals surface area contributed by atoms with Gasteiger partial charge in [-0.2, -0.15) is 0 Å². The summed E-state index contributed by atoms with van der Waals surface area (Å²) in [5.74, 6) is -0.279. The Hall–Kier alpha value is -1.00. The van der Waals surface area contributed by atoms with Crippen molar-refractivity contribution < 1.29 is 15.3 Å². The van der Waals surface area contributed by atoms with E-state index < -0.39 is 6.10 Å². The summed E-state index contributed by atoms with van der Waals surface area (Å²) in [7, 11) is 1.75. The van der Waals surface area contributed by atoms with Gasteiger partial charge in [-0.3, -0.25) is 0 Å². The van der Waals surface area contributed by atoms with Crippen LogP contribution in [0.3, 0.4) is 0 Å². The first kappa shape index (κ1) is 10.1. The molecule has 0 amide bonds. The maximum Gasteiger partial charge on any atom is 0.152 e. The van der Waals surface area contributed by atoms with Crippen molar-refractivity contribution in [3.63, 3.8) is 0 Å². The second-order valence-corrected chi connectivity index (χ2v) is 3.18. The average Bonchev–Trinajstić information content (AvgIpc) is 2.10. The molecule has 0 heterocycles. The van der Waals surface area contributed by atoms with Crippen LogP contribution in [0.15, 0.2) is 23.7 Å². The molecule has 0 radical (unpaired) electrons. The summed E-state index contributed by atoms with van der Waals surface area (Å²) < 4.78 is 0. The van der Waals surface area contributed by atoms with E-state index in [1.807, 2.05) is 0 Å². The summed E-state index contributed by atoms with van der Waals surface area (Å²) in [6, 6.07) is 0. The molecule has 0 saturated carbocycles. The third-order valence-corrected chi connectivity index (χ3v) is 2.13. The van der Waals surface area contributed by atoms with Gasteiger partial charge in [0.2, 0.25) is 0 Å². The van der Waals surface area contributed by atoms with E-state index in [9.17, 15) is 10.2 Å². The number of allylic oxidation sites excluding steroid dienone is 2. The Morgan fingerprint density at radius 1 is 1.62 bits per heavy atom. The summed E-state index contributed by atoms with van der Waals surface area (Å²) in [6.07, 6.45) is 2.89. The van der Waals surface area contributed by atoms with Crippen molar-refractivity contribution in [3.8, 4) is 0 Å². The smallest absolute Gasteiger partial charge is 0.152 e. The van der Waals surface area contributed by atoms with Crippen LogP contribution in [0.1, 0.15) is 6.42 Å². The third kappa shape index (κ3) is 2.47. The summed E-state index contributed by atoms with van der Waals surface area (Å²) in [5, 5.41) is 30.7. The molecular formula is C9H15NO3. The fourth-order valence-corrected chi connectivity index (χ4v) is 1.33. The lowest BCUT2D eigenvalue weighted by molar-refractivity contribution is 0.120. The zero-order valence-electron chi connectivity index (χ0n) is 7.57. The number of hydrogen-bond donors (Lipinski definition) is 4. The number of hydrogen-bond acceptors (Lipinski definition) is 4. The van der Waals surface area contributed by atoms with E-state index in [0.717, 1.165) is 0 Å². The van der Waals surface area contributed by atoms with Crippen molar-refractivity contribution in [2.24, 2.45) is 5.92 Å². The Balaban J connectivity index is 2.54. The van der Waals surface area contributed by atoms with Gasteiger partial charge in [0.05, 0.1) is 6.10 Å². The molecule has 4 N–H and O–H groups in total. The number of likely N-dealkylation sites (N-methyl/N-ethyl adjacent to an activating group) is 1. The van der Waals surface area contributed by atoms with Gasteiger partial charge in [0.1, 0.15) is 5.76 Å². The highest BCUT2D eigenvalue weighted by Gasteiger charge is 2.21. The van der Waals surface area contributed by atoms with Gasteiger partial charge in [-0.15, -0.1) is 0 Å². The van der Waals surface area contributed by atoms with Gasteiger partial charge >= 0.3 is 0 Å². The molecule has 0 saturated heterocycles. The molecule has 2 unspecified atom stereocenters. The molecule has 0 spiro atoms. The quantitative estimate of drug-likeness (QED) is 0.515. The largest absolute Gasteiger partial charge is 0.508 e. The Morgan fingerprint density at radius 2 is 2.31 bits per heavy atom. The van der Waals surface area contributed by atoms with E-state index in [1.165, 1.54) is 6.08 Å². The molecular weight excluding hydrogens is 170 g/mol. The van der Waals surface area contributed by atoms with Crippen LogP contribution < -0.4 is 5.32 Å². The fraction of sp³-hybridized carbons (Fsp3) is 0.556. The Kier molecular flexibility index (Phi) is 3.33. The minimum absolute atomic E-state index is 0.0531. The van der Waals surface area contributed by atoms with Crippen molar-refractivity contribution in [3.05, 3.63) is 23.7 Å². The molecule has 0 fully saturated rings. The first-order valence-electron chi connectivity index (χ1n) is 4.27. The van der Waals surface area contributed by atoms with Crippen LogP contribution in [0.4, 0.5) is 0 Å². The van der Waals surface area contributed by atoms with Crippen molar-refractivity contribution >= 4 is 0 Å². The van der Waals surface area contributed by atoms with Crippen LogP contribution in [-0.2, 0) is 0 Å². The van der Waals surface area contributed by atoms with E-state index >= 15 is 0 Å². The Labute approximate surface area is 77.2 Å². The monoisotopic (exact) mass is 185 g/mol. The van der Waals surface area contributed by atoms with E-state index in [4.69, 9.17) is 5.11 Å². The van der Waals surface area contributed by atoms with Gasteiger partial charge in [0, 0.05) is 18.9 Å². The molecule has 1 aliphatic rings. The number of rotatable bonds is 3. The minimum atomic E-state index is -0.531. The van der Waals surface area contributed by atoms with Crippen molar-refractivity contribution in [2.75, 3.05) is 13.6 Å². The highest BCUT2D eigenvalue weighted by molar-refractivity contribution is 5.21. The van der Waals surface area contributed by atoms with Gasteiger partial charge in [0.15, 0.2) is 5.76 Å². The lowest BCUT2D eigenvalue weighted by Crippen LogP contribution is -2.31. The molecule has 0 aliphatic heterocycles. The van der Waals surface area contributed by atoms with Crippen LogP contribution in [0.25, 0.3) is 0 Å². The molecule has 0 aromatic rings. The molecule has 0 aromatic carbocycles. The van der Waals surface area contributed by atoms with E-state index in [-0.39, 0.29) is 17.4 Å². The van der Waals surface area contributed by atoms with Crippen LogP contribution in [-0.4, -0.2) is 35.0 Å². The molecule has 1 rings (SSSR count). The van der Waals surface area contributed by atoms with Gasteiger partial charge in [-0.1, -0.05) is 6.08 Å². The van der Waals surface area contributed by atoms with Gasteiger partial charge in [-0.05, 0) is 13.1 Å². The van der Waals surface area contributed by atoms with Crippen LogP contribution >= 0.6 is 0 Å². The summed E-state index contributed by atoms with van der Waals surface area (Å²) in [6.45, 7) is 0.475. The summed E-state index contributed by atoms with van der Waals surface area (Å²) in [4.78, 5) is 0. The Morgan fingerprint density at radius 3 is 2.85 bits per heavy atom. The van der Waals surface area contributed by atoms with E-state index in [1.54, 1.807) is 13.1 Å². The SMILES string of the molecule is CNCC(O)C1C=CC(O)=C(O)C1. The Bertz CT molecular complexity index is 235. The molecule has 13 heavy (non-hydrogen) atoms. The minimum Gasteiger partial charge on any atom is -0.508 e.